The fourth-order valence-electron chi connectivity index (χ4n) is 5.42. The van der Waals surface area contributed by atoms with Crippen molar-refractivity contribution in [3.05, 3.63) is 145 Å². The molecule has 0 aliphatic rings. The molecule has 2 heterocycles. The van der Waals surface area contributed by atoms with Crippen molar-refractivity contribution in [3.63, 3.8) is 0 Å². The van der Waals surface area contributed by atoms with Gasteiger partial charge < -0.3 is 9.13 Å². The third-order valence-corrected chi connectivity index (χ3v) is 7.13. The summed E-state index contributed by atoms with van der Waals surface area (Å²) in [5.74, 6) is 0. The van der Waals surface area contributed by atoms with Crippen LogP contribution in [-0.2, 0) is 0 Å². The summed E-state index contributed by atoms with van der Waals surface area (Å²) in [6.07, 6.45) is 0. The molecule has 2 aromatic heterocycles. The van der Waals surface area contributed by atoms with Crippen LogP contribution in [0.25, 0.3) is 66.1 Å². The van der Waals surface area contributed by atoms with Crippen LogP contribution in [0.4, 0.5) is 0 Å². The average molecular weight is 493 g/mol. The molecule has 0 fully saturated rings. The van der Waals surface area contributed by atoms with E-state index in [0.29, 0.717) is 11.7 Å². The fourth-order valence-corrected chi connectivity index (χ4v) is 5.42. The molecule has 0 radical (unpaired) electrons. The third-order valence-electron chi connectivity index (χ3n) is 7.13. The molecule has 0 atom stereocenters. The van der Waals surface area contributed by atoms with E-state index in [1.165, 1.54) is 0 Å². The maximum absolute atomic E-state index is 9.61. The van der Waals surface area contributed by atoms with Crippen LogP contribution in [0.3, 0.4) is 0 Å². The largest absolute Gasteiger partial charge is 0.309 e. The molecule has 8 rings (SSSR count). The van der Waals surface area contributed by atoms with E-state index in [2.05, 4.69) is 0 Å². The second-order valence-corrected chi connectivity index (χ2v) is 9.21. The van der Waals surface area contributed by atoms with Gasteiger partial charge in [-0.1, -0.05) is 97.0 Å². The fraction of sp³-hybridized carbons (Fsp3) is 0. The van der Waals surface area contributed by atoms with E-state index in [9.17, 15) is 4.11 Å². The van der Waals surface area contributed by atoms with Crippen LogP contribution in [-0.4, -0.2) is 9.13 Å². The zero-order valence-electron chi connectivity index (χ0n) is 28.1. The maximum atomic E-state index is 9.61. The third kappa shape index (κ3) is 3.07. The van der Waals surface area contributed by atoms with E-state index in [0.717, 1.165) is 32.9 Å². The zero-order valence-corrected chi connectivity index (χ0v) is 20.1. The highest BCUT2D eigenvalue weighted by Gasteiger charge is 2.16. The van der Waals surface area contributed by atoms with Crippen LogP contribution in [0.2, 0.25) is 0 Å². The smallest absolute Gasteiger partial charge is 0.0652 e. The first-order valence-electron chi connectivity index (χ1n) is 16.4. The molecule has 6 aromatic carbocycles. The number of benzene rings is 6. The predicted molar refractivity (Wildman–Crippen MR) is 161 cm³/mol. The molecular weight excluding hydrogens is 460 g/mol. The van der Waals surface area contributed by atoms with E-state index in [-0.39, 0.29) is 57.7 Å². The first-order valence-corrected chi connectivity index (χ1v) is 12.4. The van der Waals surface area contributed by atoms with Crippen molar-refractivity contribution in [3.8, 4) is 22.5 Å². The minimum Gasteiger partial charge on any atom is -0.309 e. The molecule has 2 nitrogen and oxygen atoms in total. The second-order valence-electron chi connectivity index (χ2n) is 9.21. The molecule has 0 amide bonds. The number of hydrogen-bond acceptors (Lipinski definition) is 0. The van der Waals surface area contributed by atoms with Crippen molar-refractivity contribution < 1.29 is 11.0 Å². The SMILES string of the molecule is [2H]c1ccc(-c2ccc(-n3c4c([2H])c([2H])c([2H])c([2H])c4c4c([2H])c(-n5c6ccccc6c6ccccc65)c([2H])c([2H])c43)cc2)cc1. The van der Waals surface area contributed by atoms with Crippen molar-refractivity contribution in [2.24, 2.45) is 0 Å². The lowest BCUT2D eigenvalue weighted by Crippen LogP contribution is -1.95. The summed E-state index contributed by atoms with van der Waals surface area (Å²) in [7, 11) is 0. The highest BCUT2D eigenvalue weighted by molar-refractivity contribution is 6.12. The number of nitrogens with zero attached hydrogens (tertiary/aromatic N) is 2. The van der Waals surface area contributed by atoms with Gasteiger partial charge in [-0.15, -0.1) is 0 Å². The van der Waals surface area contributed by atoms with Crippen molar-refractivity contribution in [1.29, 1.82) is 0 Å². The van der Waals surface area contributed by atoms with Crippen LogP contribution in [0.15, 0.2) is 145 Å². The topological polar surface area (TPSA) is 9.86 Å². The van der Waals surface area contributed by atoms with E-state index in [1.54, 1.807) is 28.8 Å². The summed E-state index contributed by atoms with van der Waals surface area (Å²) >= 11 is 0. The van der Waals surface area contributed by atoms with Gasteiger partial charge in [0.05, 0.1) is 33.0 Å². The van der Waals surface area contributed by atoms with Gasteiger partial charge in [0.2, 0.25) is 0 Å². The van der Waals surface area contributed by atoms with Crippen molar-refractivity contribution >= 4 is 43.6 Å². The Morgan fingerprint density at radius 3 is 1.74 bits per heavy atom. The molecule has 0 aliphatic carbocycles. The minimum absolute atomic E-state index is 0.0941. The van der Waals surface area contributed by atoms with E-state index in [4.69, 9.17) is 6.85 Å². The summed E-state index contributed by atoms with van der Waals surface area (Å²) in [6.45, 7) is 0. The van der Waals surface area contributed by atoms with Crippen LogP contribution in [0, 0.1) is 0 Å². The number of aromatic nitrogens is 2. The number of hydrogen-bond donors (Lipinski definition) is 0. The lowest BCUT2D eigenvalue weighted by Gasteiger charge is -2.11. The second kappa shape index (κ2) is 8.22. The Balaban J connectivity index is 1.51. The monoisotopic (exact) mass is 492 g/mol. The zero-order chi connectivity index (χ0) is 32.0. The molecule has 178 valence electrons. The van der Waals surface area contributed by atoms with Crippen LogP contribution < -0.4 is 0 Å². The quantitative estimate of drug-likeness (QED) is 0.232. The van der Waals surface area contributed by atoms with Gasteiger partial charge in [-0.25, -0.2) is 0 Å². The van der Waals surface area contributed by atoms with Gasteiger partial charge in [0, 0.05) is 32.9 Å². The Morgan fingerprint density at radius 2 is 1.00 bits per heavy atom. The molecule has 0 saturated carbocycles. The normalized spacial score (nSPS) is 14.6. The van der Waals surface area contributed by atoms with Gasteiger partial charge in [-0.05, 0) is 59.6 Å². The summed E-state index contributed by atoms with van der Waals surface area (Å²) in [4.78, 5) is 0. The molecule has 0 bridgehead atoms. The molecule has 0 saturated heterocycles. The van der Waals surface area contributed by atoms with Crippen LogP contribution in [0.5, 0.6) is 0 Å². The predicted octanol–water partition coefficient (Wildman–Crippen LogP) is 9.55. The molecule has 0 spiro atoms. The molecule has 0 aliphatic heterocycles. The summed E-state index contributed by atoms with van der Waals surface area (Å²) in [5, 5.41) is 2.20. The van der Waals surface area contributed by atoms with Crippen molar-refractivity contribution in [2.75, 3.05) is 0 Å². The molecule has 8 aromatic rings. The summed E-state index contributed by atoms with van der Waals surface area (Å²) in [5.41, 5.74) is 4.35. The average Bonchev–Trinajstić information content (AvgIpc) is 3.61. The molecular formula is C36H24N2. The van der Waals surface area contributed by atoms with Gasteiger partial charge in [-0.3, -0.25) is 0 Å². The van der Waals surface area contributed by atoms with E-state index in [1.807, 2.05) is 77.4 Å². The van der Waals surface area contributed by atoms with Crippen molar-refractivity contribution in [1.82, 2.24) is 9.13 Å². The Hall–Kier alpha value is -5.08. The van der Waals surface area contributed by atoms with Gasteiger partial charge in [0.1, 0.15) is 0 Å². The highest BCUT2D eigenvalue weighted by atomic mass is 15.0. The van der Waals surface area contributed by atoms with E-state index < -0.39 is 12.1 Å². The number of fused-ring (bicyclic) bond motifs is 6. The number of rotatable bonds is 3. The Bertz CT molecular complexity index is 2490. The lowest BCUT2D eigenvalue weighted by atomic mass is 10.1. The molecule has 0 unspecified atom stereocenters. The van der Waals surface area contributed by atoms with Crippen LogP contribution in [0.1, 0.15) is 11.0 Å². The van der Waals surface area contributed by atoms with Gasteiger partial charge >= 0.3 is 0 Å². The van der Waals surface area contributed by atoms with E-state index >= 15 is 0 Å². The van der Waals surface area contributed by atoms with Crippen LogP contribution >= 0.6 is 0 Å². The van der Waals surface area contributed by atoms with Gasteiger partial charge in [0.25, 0.3) is 0 Å². The maximum Gasteiger partial charge on any atom is 0.0652 e. The Morgan fingerprint density at radius 1 is 0.395 bits per heavy atom. The lowest BCUT2D eigenvalue weighted by molar-refractivity contribution is 1.17. The van der Waals surface area contributed by atoms with Crippen molar-refractivity contribution in [2.45, 2.75) is 0 Å². The first kappa shape index (κ1) is 14.6. The first-order chi connectivity index (χ1) is 22.2. The molecule has 2 heteroatoms. The van der Waals surface area contributed by atoms with Gasteiger partial charge in [-0.2, -0.15) is 0 Å². The Labute approximate surface area is 231 Å². The summed E-state index contributed by atoms with van der Waals surface area (Å²) < 4.78 is 74.4. The standard InChI is InChI=1S/C36H24N2/c1-2-10-25(11-3-1)26-18-20-27(21-19-26)37-35-17-9-6-14-31(35)32-24-28(22-23-36(32)37)38-33-15-7-4-12-29(33)30-13-5-8-16-34(30)38/h1-24H/i1D,6D,9D,14D,17D,22D,23D,24D. The summed E-state index contributed by atoms with van der Waals surface area (Å²) in [6, 6.07) is 28.4. The van der Waals surface area contributed by atoms with Gasteiger partial charge in [0.15, 0.2) is 0 Å². The number of para-hydroxylation sites is 3. The molecule has 38 heavy (non-hydrogen) atoms. The molecule has 0 N–H and O–H groups in total. The minimum atomic E-state index is -0.427. The highest BCUT2D eigenvalue weighted by Crippen LogP contribution is 2.37. The Kier molecular flexibility index (Phi) is 3.16.